The third-order valence-corrected chi connectivity index (χ3v) is 5.01. The molecular formula is C22H23N3O3. The van der Waals surface area contributed by atoms with E-state index in [1.165, 1.54) is 0 Å². The van der Waals surface area contributed by atoms with Crippen molar-refractivity contribution in [3.8, 4) is 5.75 Å². The molecule has 0 bridgehead atoms. The van der Waals surface area contributed by atoms with Crippen molar-refractivity contribution in [1.82, 2.24) is 9.88 Å². The van der Waals surface area contributed by atoms with Crippen molar-refractivity contribution < 1.29 is 9.53 Å². The van der Waals surface area contributed by atoms with E-state index in [2.05, 4.69) is 10.3 Å². The molecule has 0 saturated heterocycles. The van der Waals surface area contributed by atoms with Crippen LogP contribution in [0.1, 0.15) is 24.0 Å². The van der Waals surface area contributed by atoms with E-state index >= 15 is 0 Å². The first-order valence-electron chi connectivity index (χ1n) is 9.38. The Balaban J connectivity index is 1.60. The average molecular weight is 377 g/mol. The lowest BCUT2D eigenvalue weighted by Gasteiger charge is -2.23. The van der Waals surface area contributed by atoms with Crippen molar-refractivity contribution in [1.29, 1.82) is 0 Å². The van der Waals surface area contributed by atoms with E-state index in [9.17, 15) is 9.59 Å². The van der Waals surface area contributed by atoms with Gasteiger partial charge in [-0.05, 0) is 55.5 Å². The molecule has 2 N–H and O–H groups in total. The van der Waals surface area contributed by atoms with E-state index in [4.69, 9.17) is 4.74 Å². The highest BCUT2D eigenvalue weighted by Crippen LogP contribution is 2.30. The largest absolute Gasteiger partial charge is 0.495 e. The fourth-order valence-corrected chi connectivity index (χ4v) is 3.36. The molecular weight excluding hydrogens is 354 g/mol. The minimum Gasteiger partial charge on any atom is -0.495 e. The maximum Gasteiger partial charge on any atom is 0.322 e. The third-order valence-electron chi connectivity index (χ3n) is 5.01. The number of carbonyl (C=O) groups excluding carboxylic acids is 1. The summed E-state index contributed by atoms with van der Waals surface area (Å²) in [6.07, 6.45) is 1.90. The number of methoxy groups -OCH3 is 1. The second-order valence-corrected chi connectivity index (χ2v) is 7.20. The van der Waals surface area contributed by atoms with Gasteiger partial charge in [-0.2, -0.15) is 0 Å². The first-order valence-corrected chi connectivity index (χ1v) is 9.38. The second-order valence-electron chi connectivity index (χ2n) is 7.20. The molecule has 1 fully saturated rings. The van der Waals surface area contributed by atoms with Crippen LogP contribution in [0.4, 0.5) is 10.5 Å². The SMILES string of the molecule is COc1ccccc1NC(=O)N(Cc1cc2cc(C)ccc2[nH]c1=O)C1CC1. The van der Waals surface area contributed by atoms with Crippen molar-refractivity contribution in [3.63, 3.8) is 0 Å². The van der Waals surface area contributed by atoms with E-state index in [0.29, 0.717) is 17.0 Å². The molecule has 1 heterocycles. The highest BCUT2D eigenvalue weighted by Gasteiger charge is 2.33. The number of hydrogen-bond acceptors (Lipinski definition) is 3. The summed E-state index contributed by atoms with van der Waals surface area (Å²) in [7, 11) is 1.57. The second kappa shape index (κ2) is 7.38. The number of aryl methyl sites for hydroxylation is 1. The smallest absolute Gasteiger partial charge is 0.322 e. The van der Waals surface area contributed by atoms with Crippen LogP contribution in [-0.4, -0.2) is 29.1 Å². The lowest BCUT2D eigenvalue weighted by Crippen LogP contribution is -2.37. The van der Waals surface area contributed by atoms with Crippen molar-refractivity contribution >= 4 is 22.6 Å². The summed E-state index contributed by atoms with van der Waals surface area (Å²) in [6.45, 7) is 2.28. The third kappa shape index (κ3) is 3.71. The van der Waals surface area contributed by atoms with Gasteiger partial charge in [-0.25, -0.2) is 4.79 Å². The number of H-pyrrole nitrogens is 1. The van der Waals surface area contributed by atoms with Crippen molar-refractivity contribution in [2.75, 3.05) is 12.4 Å². The van der Waals surface area contributed by atoms with Gasteiger partial charge in [0.15, 0.2) is 0 Å². The topological polar surface area (TPSA) is 74.4 Å². The monoisotopic (exact) mass is 377 g/mol. The molecule has 6 nitrogen and oxygen atoms in total. The molecule has 0 unspecified atom stereocenters. The Morgan fingerprint density at radius 2 is 2.00 bits per heavy atom. The van der Waals surface area contributed by atoms with E-state index in [1.807, 2.05) is 43.3 Å². The number of nitrogens with zero attached hydrogens (tertiary/aromatic N) is 1. The first-order chi connectivity index (χ1) is 13.5. The summed E-state index contributed by atoms with van der Waals surface area (Å²) < 4.78 is 5.31. The Morgan fingerprint density at radius 3 is 2.75 bits per heavy atom. The predicted octanol–water partition coefficient (Wildman–Crippen LogP) is 4.04. The zero-order chi connectivity index (χ0) is 19.7. The van der Waals surface area contributed by atoms with E-state index in [0.717, 1.165) is 29.3 Å². The fraction of sp³-hybridized carbons (Fsp3) is 0.273. The van der Waals surface area contributed by atoms with E-state index in [-0.39, 0.29) is 24.2 Å². The number of ether oxygens (including phenoxy) is 1. The van der Waals surface area contributed by atoms with Crippen molar-refractivity contribution in [3.05, 3.63) is 70.0 Å². The Labute approximate surface area is 163 Å². The molecule has 1 aromatic heterocycles. The highest BCUT2D eigenvalue weighted by atomic mass is 16.5. The predicted molar refractivity (Wildman–Crippen MR) is 110 cm³/mol. The number of anilines is 1. The maximum absolute atomic E-state index is 12.9. The standard InChI is InChI=1S/C22H23N3O3/c1-14-7-10-18-15(11-14)12-16(21(26)23-18)13-25(17-8-9-17)22(27)24-19-5-3-4-6-20(19)28-2/h3-7,10-12,17H,8-9,13H2,1-2H3,(H,23,26)(H,24,27). The van der Waals surface area contributed by atoms with Gasteiger partial charge in [0.25, 0.3) is 5.56 Å². The number of aromatic nitrogens is 1. The molecule has 1 aliphatic carbocycles. The van der Waals surface area contributed by atoms with Gasteiger partial charge in [-0.1, -0.05) is 23.8 Å². The van der Waals surface area contributed by atoms with Gasteiger partial charge in [0.1, 0.15) is 5.75 Å². The molecule has 4 rings (SSSR count). The number of amides is 2. The Hall–Kier alpha value is -3.28. The molecule has 1 saturated carbocycles. The number of aromatic amines is 1. The lowest BCUT2D eigenvalue weighted by atomic mass is 10.1. The number of fused-ring (bicyclic) bond motifs is 1. The summed E-state index contributed by atoms with van der Waals surface area (Å²) in [6, 6.07) is 15.0. The molecule has 2 aromatic carbocycles. The van der Waals surface area contributed by atoms with Crippen LogP contribution in [0.3, 0.4) is 0 Å². The fourth-order valence-electron chi connectivity index (χ4n) is 3.36. The lowest BCUT2D eigenvalue weighted by molar-refractivity contribution is 0.206. The Bertz CT molecular complexity index is 1090. The summed E-state index contributed by atoms with van der Waals surface area (Å²) >= 11 is 0. The number of pyridine rings is 1. The molecule has 3 aromatic rings. The van der Waals surface area contributed by atoms with E-state index < -0.39 is 0 Å². The van der Waals surface area contributed by atoms with Crippen LogP contribution >= 0.6 is 0 Å². The van der Waals surface area contributed by atoms with Crippen molar-refractivity contribution in [2.24, 2.45) is 0 Å². The number of hydrogen-bond donors (Lipinski definition) is 2. The van der Waals surface area contributed by atoms with Crippen LogP contribution < -0.4 is 15.6 Å². The molecule has 0 spiro atoms. The molecule has 1 aliphatic rings. The molecule has 0 aliphatic heterocycles. The van der Waals surface area contributed by atoms with Crippen LogP contribution in [0, 0.1) is 6.92 Å². The zero-order valence-corrected chi connectivity index (χ0v) is 16.0. The highest BCUT2D eigenvalue weighted by molar-refractivity contribution is 5.91. The molecule has 0 radical (unpaired) electrons. The number of para-hydroxylation sites is 2. The van der Waals surface area contributed by atoms with Gasteiger partial charge in [-0.3, -0.25) is 4.79 Å². The van der Waals surface area contributed by atoms with Crippen LogP contribution in [0.25, 0.3) is 10.9 Å². The molecule has 2 amide bonds. The Kier molecular flexibility index (Phi) is 4.77. The van der Waals surface area contributed by atoms with Crippen LogP contribution in [0.15, 0.2) is 53.3 Å². The molecule has 28 heavy (non-hydrogen) atoms. The number of benzene rings is 2. The summed E-state index contributed by atoms with van der Waals surface area (Å²) in [5.41, 5.74) is 2.96. The van der Waals surface area contributed by atoms with Gasteiger partial charge >= 0.3 is 6.03 Å². The van der Waals surface area contributed by atoms with Gasteiger partial charge < -0.3 is 19.9 Å². The summed E-state index contributed by atoms with van der Waals surface area (Å²) in [4.78, 5) is 30.1. The Morgan fingerprint density at radius 1 is 1.21 bits per heavy atom. The van der Waals surface area contributed by atoms with Gasteiger partial charge in [0.2, 0.25) is 0 Å². The van der Waals surface area contributed by atoms with Crippen molar-refractivity contribution in [2.45, 2.75) is 32.4 Å². The van der Waals surface area contributed by atoms with Gasteiger partial charge in [0.05, 0.1) is 19.3 Å². The van der Waals surface area contributed by atoms with Crippen LogP contribution in [0.5, 0.6) is 5.75 Å². The molecule has 6 heteroatoms. The average Bonchev–Trinajstić information content (AvgIpc) is 3.52. The normalized spacial score (nSPS) is 13.4. The van der Waals surface area contributed by atoms with E-state index in [1.54, 1.807) is 24.1 Å². The summed E-state index contributed by atoms with van der Waals surface area (Å²) in [5.74, 6) is 0.602. The zero-order valence-electron chi connectivity index (χ0n) is 16.0. The number of carbonyl (C=O) groups is 1. The minimum absolute atomic E-state index is 0.155. The quantitative estimate of drug-likeness (QED) is 0.705. The number of nitrogens with one attached hydrogen (secondary N) is 2. The minimum atomic E-state index is -0.226. The van der Waals surface area contributed by atoms with Crippen LogP contribution in [0.2, 0.25) is 0 Å². The summed E-state index contributed by atoms with van der Waals surface area (Å²) in [5, 5.41) is 3.89. The number of rotatable bonds is 5. The number of urea groups is 1. The molecule has 0 atom stereocenters. The van der Waals surface area contributed by atoms with Crippen LogP contribution in [-0.2, 0) is 6.54 Å². The van der Waals surface area contributed by atoms with Gasteiger partial charge in [-0.15, -0.1) is 0 Å². The van der Waals surface area contributed by atoms with Gasteiger partial charge in [0, 0.05) is 17.1 Å². The maximum atomic E-state index is 12.9. The molecule has 144 valence electrons. The first kappa shape index (κ1) is 18.1.